The monoisotopic (exact) mass is 236 g/mol. The van der Waals surface area contributed by atoms with E-state index in [1.165, 1.54) is 32.1 Å². The van der Waals surface area contributed by atoms with Gasteiger partial charge in [0.05, 0.1) is 17.3 Å². The highest BCUT2D eigenvalue weighted by Gasteiger charge is 2.81. The van der Waals surface area contributed by atoms with Crippen molar-refractivity contribution in [1.82, 2.24) is 0 Å². The van der Waals surface area contributed by atoms with Crippen LogP contribution in [0, 0.1) is 11.3 Å². The van der Waals surface area contributed by atoms with Gasteiger partial charge in [0, 0.05) is 5.92 Å². The van der Waals surface area contributed by atoms with Gasteiger partial charge in [0.2, 0.25) is 0 Å². The predicted molar refractivity (Wildman–Crippen MR) is 65.9 cm³/mol. The fourth-order valence-electron chi connectivity index (χ4n) is 5.14. The van der Waals surface area contributed by atoms with Crippen LogP contribution in [0.2, 0.25) is 0 Å². The summed E-state index contributed by atoms with van der Waals surface area (Å²) in [6.45, 7) is 9.50. The lowest BCUT2D eigenvalue weighted by Crippen LogP contribution is -2.48. The molecule has 0 radical (unpaired) electrons. The van der Waals surface area contributed by atoms with Crippen LogP contribution in [0.5, 0.6) is 0 Å². The van der Waals surface area contributed by atoms with Crippen LogP contribution in [0.4, 0.5) is 0 Å². The maximum Gasteiger partial charge on any atom is 0.104 e. The second-order valence-corrected chi connectivity index (χ2v) is 7.89. The van der Waals surface area contributed by atoms with Gasteiger partial charge in [0.25, 0.3) is 0 Å². The molecule has 5 atom stereocenters. The molecule has 0 bridgehead atoms. The van der Waals surface area contributed by atoms with E-state index < -0.39 is 0 Å². The van der Waals surface area contributed by atoms with Crippen LogP contribution in [0.25, 0.3) is 0 Å². The summed E-state index contributed by atoms with van der Waals surface area (Å²) < 4.78 is 12.4. The SMILES string of the molecule is CC1(C)CCC[C@@]2(C)O[C@]23CC[C@]2(C)O[C@@H]2[C@H]13. The number of epoxide rings is 2. The van der Waals surface area contributed by atoms with E-state index in [0.29, 0.717) is 17.4 Å². The first-order valence-corrected chi connectivity index (χ1v) is 7.21. The van der Waals surface area contributed by atoms with E-state index in [2.05, 4.69) is 27.7 Å². The maximum absolute atomic E-state index is 6.33. The molecule has 0 N–H and O–H groups in total. The van der Waals surface area contributed by atoms with Gasteiger partial charge in [0.15, 0.2) is 0 Å². The molecule has 2 aliphatic heterocycles. The Kier molecular flexibility index (Phi) is 1.65. The Bertz CT molecular complexity index is 390. The normalized spacial score (nSPS) is 62.8. The molecular formula is C15H24O2. The van der Waals surface area contributed by atoms with Gasteiger partial charge in [-0.05, 0) is 51.4 Å². The van der Waals surface area contributed by atoms with Crippen LogP contribution in [0.15, 0.2) is 0 Å². The van der Waals surface area contributed by atoms with Crippen LogP contribution < -0.4 is 0 Å². The summed E-state index contributed by atoms with van der Waals surface area (Å²) in [4.78, 5) is 0. The average molecular weight is 236 g/mol. The molecule has 4 rings (SSSR count). The Morgan fingerprint density at radius 3 is 2.47 bits per heavy atom. The lowest BCUT2D eigenvalue weighted by molar-refractivity contribution is 0.0498. The summed E-state index contributed by atoms with van der Waals surface area (Å²) in [7, 11) is 0. The van der Waals surface area contributed by atoms with Crippen molar-refractivity contribution in [3.63, 3.8) is 0 Å². The molecule has 0 amide bonds. The molecule has 2 aliphatic carbocycles. The molecule has 0 unspecified atom stereocenters. The van der Waals surface area contributed by atoms with E-state index in [4.69, 9.17) is 9.47 Å². The largest absolute Gasteiger partial charge is 0.366 e. The topological polar surface area (TPSA) is 25.1 Å². The van der Waals surface area contributed by atoms with Crippen LogP contribution in [-0.4, -0.2) is 22.9 Å². The Morgan fingerprint density at radius 2 is 1.71 bits per heavy atom. The van der Waals surface area contributed by atoms with E-state index in [9.17, 15) is 0 Å². The number of ether oxygens (including phenoxy) is 2. The Balaban J connectivity index is 1.79. The van der Waals surface area contributed by atoms with Crippen molar-refractivity contribution in [3.8, 4) is 0 Å². The molecule has 4 aliphatic rings. The number of hydrogen-bond donors (Lipinski definition) is 0. The fraction of sp³-hybridized carbons (Fsp3) is 1.00. The van der Waals surface area contributed by atoms with Gasteiger partial charge < -0.3 is 9.47 Å². The third-order valence-corrected chi connectivity index (χ3v) is 6.32. The standard InChI is InChI=1S/C15H24O2/c1-12(2)6-5-7-14(4)15(17-14)9-8-13(3)11(16-13)10(12)15/h10-11H,5-9H2,1-4H3/t10-,11-,13+,14-,15+/m1/s1. The van der Waals surface area contributed by atoms with Gasteiger partial charge in [-0.1, -0.05) is 13.8 Å². The quantitative estimate of drug-likeness (QED) is 0.603. The fourth-order valence-corrected chi connectivity index (χ4v) is 5.14. The molecular weight excluding hydrogens is 212 g/mol. The molecule has 2 nitrogen and oxygen atoms in total. The van der Waals surface area contributed by atoms with Crippen molar-refractivity contribution in [1.29, 1.82) is 0 Å². The minimum Gasteiger partial charge on any atom is -0.366 e. The summed E-state index contributed by atoms with van der Waals surface area (Å²) >= 11 is 0. The summed E-state index contributed by atoms with van der Waals surface area (Å²) in [6.07, 6.45) is 6.76. The van der Waals surface area contributed by atoms with Crippen molar-refractivity contribution in [2.75, 3.05) is 0 Å². The summed E-state index contributed by atoms with van der Waals surface area (Å²) in [5.74, 6) is 0.612. The Hall–Kier alpha value is -0.0800. The zero-order valence-electron chi connectivity index (χ0n) is 11.5. The number of fused-ring (bicyclic) bond motifs is 2. The van der Waals surface area contributed by atoms with Crippen LogP contribution in [0.3, 0.4) is 0 Å². The smallest absolute Gasteiger partial charge is 0.104 e. The van der Waals surface area contributed by atoms with Crippen LogP contribution in [0.1, 0.15) is 59.8 Å². The molecule has 1 spiro atoms. The first kappa shape index (κ1) is 10.8. The van der Waals surface area contributed by atoms with Crippen molar-refractivity contribution < 1.29 is 9.47 Å². The summed E-state index contributed by atoms with van der Waals surface area (Å²) in [5.41, 5.74) is 0.883. The number of hydrogen-bond acceptors (Lipinski definition) is 2. The van der Waals surface area contributed by atoms with Crippen LogP contribution in [-0.2, 0) is 9.47 Å². The van der Waals surface area contributed by atoms with Gasteiger partial charge in [-0.15, -0.1) is 0 Å². The second kappa shape index (κ2) is 2.60. The average Bonchev–Trinajstić information content (AvgIpc) is 3.02. The Morgan fingerprint density at radius 1 is 0.941 bits per heavy atom. The lowest BCUT2D eigenvalue weighted by Gasteiger charge is -2.40. The van der Waals surface area contributed by atoms with E-state index in [1.54, 1.807) is 0 Å². The molecule has 0 aromatic carbocycles. The molecule has 96 valence electrons. The van der Waals surface area contributed by atoms with Crippen molar-refractivity contribution in [2.45, 2.75) is 82.7 Å². The zero-order valence-corrected chi connectivity index (χ0v) is 11.5. The Labute approximate surface area is 104 Å². The van der Waals surface area contributed by atoms with Gasteiger partial charge in [-0.2, -0.15) is 0 Å². The summed E-state index contributed by atoms with van der Waals surface area (Å²) in [5, 5.41) is 0. The highest BCUT2D eigenvalue weighted by Crippen LogP contribution is 2.72. The molecule has 4 fully saturated rings. The van der Waals surface area contributed by atoms with Gasteiger partial charge in [-0.25, -0.2) is 0 Å². The van der Waals surface area contributed by atoms with Crippen molar-refractivity contribution in [3.05, 3.63) is 0 Å². The van der Waals surface area contributed by atoms with Crippen molar-refractivity contribution in [2.24, 2.45) is 11.3 Å². The lowest BCUT2D eigenvalue weighted by atomic mass is 9.60. The predicted octanol–water partition coefficient (Wildman–Crippen LogP) is 3.29. The van der Waals surface area contributed by atoms with E-state index >= 15 is 0 Å². The highest BCUT2D eigenvalue weighted by atomic mass is 16.6. The summed E-state index contributed by atoms with van der Waals surface area (Å²) in [6, 6.07) is 0. The minimum atomic E-state index is 0.160. The first-order valence-electron chi connectivity index (χ1n) is 7.21. The molecule has 0 aromatic rings. The molecule has 0 aromatic heterocycles. The maximum atomic E-state index is 6.33. The highest BCUT2D eigenvalue weighted by molar-refractivity contribution is 5.28. The third kappa shape index (κ3) is 1.10. The minimum absolute atomic E-state index is 0.160. The van der Waals surface area contributed by atoms with E-state index in [0.717, 1.165) is 0 Å². The number of rotatable bonds is 0. The second-order valence-electron chi connectivity index (χ2n) is 7.89. The zero-order chi connectivity index (χ0) is 12.1. The van der Waals surface area contributed by atoms with Crippen molar-refractivity contribution >= 4 is 0 Å². The molecule has 2 heterocycles. The first-order chi connectivity index (χ1) is 7.83. The molecule has 2 saturated carbocycles. The van der Waals surface area contributed by atoms with Gasteiger partial charge >= 0.3 is 0 Å². The molecule has 17 heavy (non-hydrogen) atoms. The van der Waals surface area contributed by atoms with E-state index in [-0.39, 0.29) is 16.8 Å². The van der Waals surface area contributed by atoms with Gasteiger partial charge in [-0.3, -0.25) is 0 Å². The molecule has 2 saturated heterocycles. The molecule has 2 heteroatoms. The third-order valence-electron chi connectivity index (χ3n) is 6.32. The van der Waals surface area contributed by atoms with E-state index in [1.807, 2.05) is 0 Å². The van der Waals surface area contributed by atoms with Crippen LogP contribution >= 0.6 is 0 Å². The van der Waals surface area contributed by atoms with Gasteiger partial charge in [0.1, 0.15) is 5.60 Å².